The Kier molecular flexibility index (Phi) is 3.83. The zero-order valence-corrected chi connectivity index (χ0v) is 12.8. The molecule has 3 aromatic rings. The molecule has 6 nitrogen and oxygen atoms in total. The van der Waals surface area contributed by atoms with Crippen LogP contribution in [0.3, 0.4) is 0 Å². The molecule has 3 rings (SSSR count). The zero-order chi connectivity index (χ0) is 16.4. The summed E-state index contributed by atoms with van der Waals surface area (Å²) in [4.78, 5) is 4.07. The van der Waals surface area contributed by atoms with E-state index in [4.69, 9.17) is 4.52 Å². The smallest absolute Gasteiger partial charge is 0.261 e. The van der Waals surface area contributed by atoms with Gasteiger partial charge in [-0.25, -0.2) is 12.8 Å². The third-order valence-electron chi connectivity index (χ3n) is 3.04. The number of hydrogen-bond acceptors (Lipinski definition) is 5. The Morgan fingerprint density at radius 1 is 1.04 bits per heavy atom. The molecule has 8 heteroatoms. The van der Waals surface area contributed by atoms with E-state index < -0.39 is 15.8 Å². The first-order valence-corrected chi connectivity index (χ1v) is 8.11. The minimum Gasteiger partial charge on any atom is -0.334 e. The first kappa shape index (κ1) is 15.2. The minimum atomic E-state index is -3.77. The van der Waals surface area contributed by atoms with Gasteiger partial charge in [0.05, 0.1) is 4.90 Å². The molecule has 0 saturated carbocycles. The summed E-state index contributed by atoms with van der Waals surface area (Å²) in [5.41, 5.74) is 1.05. The minimum absolute atomic E-state index is 0.0181. The Hall–Kier alpha value is -2.74. The quantitative estimate of drug-likeness (QED) is 0.793. The van der Waals surface area contributed by atoms with E-state index in [0.29, 0.717) is 23.0 Å². The van der Waals surface area contributed by atoms with Crippen LogP contribution in [0.25, 0.3) is 11.5 Å². The van der Waals surface area contributed by atoms with Crippen molar-refractivity contribution < 1.29 is 17.3 Å². The summed E-state index contributed by atoms with van der Waals surface area (Å²) in [5.74, 6) is 0.375. The number of aromatic nitrogens is 2. The second-order valence-electron chi connectivity index (χ2n) is 4.78. The molecule has 0 bridgehead atoms. The number of halogens is 1. The highest BCUT2D eigenvalue weighted by atomic mass is 32.2. The number of nitrogens with one attached hydrogen (secondary N) is 1. The van der Waals surface area contributed by atoms with Gasteiger partial charge in [-0.15, -0.1) is 0 Å². The number of nitrogens with zero attached hydrogens (tertiary/aromatic N) is 2. The maximum absolute atomic E-state index is 12.9. The second-order valence-corrected chi connectivity index (χ2v) is 6.47. The average molecular weight is 333 g/mol. The maximum Gasteiger partial charge on any atom is 0.261 e. The molecule has 118 valence electrons. The number of anilines is 1. The van der Waals surface area contributed by atoms with Crippen molar-refractivity contribution in [1.82, 2.24) is 10.1 Å². The normalized spacial score (nSPS) is 11.4. The fraction of sp³-hybridized carbons (Fsp3) is 0.0667. The fourth-order valence-corrected chi connectivity index (χ4v) is 2.98. The van der Waals surface area contributed by atoms with E-state index in [1.807, 2.05) is 0 Å². The molecule has 0 atom stereocenters. The molecule has 1 N–H and O–H groups in total. The average Bonchev–Trinajstić information content (AvgIpc) is 2.95. The van der Waals surface area contributed by atoms with Crippen LogP contribution in [-0.2, 0) is 10.0 Å². The van der Waals surface area contributed by atoms with Crippen molar-refractivity contribution in [1.29, 1.82) is 0 Å². The molecule has 0 amide bonds. The predicted octanol–water partition coefficient (Wildman–Crippen LogP) is 2.98. The number of rotatable bonds is 4. The van der Waals surface area contributed by atoms with Gasteiger partial charge in [-0.3, -0.25) is 4.72 Å². The van der Waals surface area contributed by atoms with Gasteiger partial charge in [0.2, 0.25) is 0 Å². The Balaban J connectivity index is 1.81. The van der Waals surface area contributed by atoms with Gasteiger partial charge >= 0.3 is 0 Å². The van der Waals surface area contributed by atoms with Crippen LogP contribution in [0.4, 0.5) is 10.1 Å². The third kappa shape index (κ3) is 3.37. The number of hydrogen-bond donors (Lipinski definition) is 1. The van der Waals surface area contributed by atoms with Crippen LogP contribution < -0.4 is 4.72 Å². The number of sulfonamides is 1. The van der Waals surface area contributed by atoms with E-state index in [0.717, 1.165) is 12.1 Å². The van der Waals surface area contributed by atoms with Gasteiger partial charge in [0.1, 0.15) is 5.82 Å². The van der Waals surface area contributed by atoms with Crippen molar-refractivity contribution in [2.75, 3.05) is 4.72 Å². The molecule has 0 aliphatic rings. The Bertz CT molecular complexity index is 919. The number of benzene rings is 2. The molecule has 0 aliphatic carbocycles. The third-order valence-corrected chi connectivity index (χ3v) is 4.43. The summed E-state index contributed by atoms with van der Waals surface area (Å²) in [6.45, 7) is 1.71. The first-order chi connectivity index (χ1) is 10.9. The van der Waals surface area contributed by atoms with Gasteiger partial charge in [-0.1, -0.05) is 5.16 Å². The molecule has 0 unspecified atom stereocenters. The first-order valence-electron chi connectivity index (χ1n) is 6.63. The summed E-state index contributed by atoms with van der Waals surface area (Å²) >= 11 is 0. The lowest BCUT2D eigenvalue weighted by molar-refractivity contribution is 0.425. The molecule has 0 saturated heterocycles. The highest BCUT2D eigenvalue weighted by Crippen LogP contribution is 2.21. The van der Waals surface area contributed by atoms with Gasteiger partial charge in [0.25, 0.3) is 15.9 Å². The molecule has 1 heterocycles. The van der Waals surface area contributed by atoms with Crippen LogP contribution in [0.2, 0.25) is 0 Å². The summed E-state index contributed by atoms with van der Waals surface area (Å²) in [6, 6.07) is 11.1. The van der Waals surface area contributed by atoms with Crippen molar-refractivity contribution in [2.24, 2.45) is 0 Å². The monoisotopic (exact) mass is 333 g/mol. The Morgan fingerprint density at radius 2 is 1.70 bits per heavy atom. The largest absolute Gasteiger partial charge is 0.334 e. The molecule has 0 spiro atoms. The standard InChI is InChI=1S/C15H12FN3O3S/c1-10-17-15(22-18-10)11-2-6-13(7-3-11)19-23(20,21)14-8-4-12(16)5-9-14/h2-9,19H,1H3. The molecular weight excluding hydrogens is 321 g/mol. The van der Waals surface area contributed by atoms with Crippen LogP contribution in [0.15, 0.2) is 57.9 Å². The van der Waals surface area contributed by atoms with Gasteiger partial charge < -0.3 is 4.52 Å². The van der Waals surface area contributed by atoms with Crippen LogP contribution >= 0.6 is 0 Å². The molecule has 0 radical (unpaired) electrons. The van der Waals surface area contributed by atoms with Gasteiger partial charge in [-0.2, -0.15) is 4.98 Å². The zero-order valence-electron chi connectivity index (χ0n) is 12.0. The van der Waals surface area contributed by atoms with E-state index in [1.165, 1.54) is 12.1 Å². The summed E-state index contributed by atoms with van der Waals surface area (Å²) < 4.78 is 44.7. The highest BCUT2D eigenvalue weighted by molar-refractivity contribution is 7.92. The van der Waals surface area contributed by atoms with E-state index in [2.05, 4.69) is 14.9 Å². The van der Waals surface area contributed by atoms with Crippen molar-refractivity contribution in [3.05, 3.63) is 60.2 Å². The van der Waals surface area contributed by atoms with Gasteiger partial charge in [0.15, 0.2) is 5.82 Å². The molecule has 0 fully saturated rings. The van der Waals surface area contributed by atoms with Crippen LogP contribution in [0.1, 0.15) is 5.82 Å². The predicted molar refractivity (Wildman–Crippen MR) is 81.7 cm³/mol. The fourth-order valence-electron chi connectivity index (χ4n) is 1.92. The maximum atomic E-state index is 12.9. The SMILES string of the molecule is Cc1noc(-c2ccc(NS(=O)(=O)c3ccc(F)cc3)cc2)n1. The molecular formula is C15H12FN3O3S. The van der Waals surface area contributed by atoms with Gasteiger partial charge in [-0.05, 0) is 55.5 Å². The Labute approximate surface area is 132 Å². The molecule has 1 aromatic heterocycles. The van der Waals surface area contributed by atoms with Crippen LogP contribution in [0.5, 0.6) is 0 Å². The Morgan fingerprint density at radius 3 is 2.26 bits per heavy atom. The lowest BCUT2D eigenvalue weighted by atomic mass is 10.2. The molecule has 23 heavy (non-hydrogen) atoms. The van der Waals surface area contributed by atoms with E-state index in [1.54, 1.807) is 31.2 Å². The topological polar surface area (TPSA) is 85.1 Å². The molecule has 0 aliphatic heterocycles. The van der Waals surface area contributed by atoms with E-state index >= 15 is 0 Å². The van der Waals surface area contributed by atoms with Crippen LogP contribution in [-0.4, -0.2) is 18.6 Å². The van der Waals surface area contributed by atoms with Gasteiger partial charge in [0, 0.05) is 11.3 Å². The van der Waals surface area contributed by atoms with E-state index in [9.17, 15) is 12.8 Å². The van der Waals surface area contributed by atoms with Crippen molar-refractivity contribution >= 4 is 15.7 Å². The molecule has 2 aromatic carbocycles. The second kappa shape index (κ2) is 5.81. The summed E-state index contributed by atoms with van der Waals surface area (Å²) in [7, 11) is -3.77. The summed E-state index contributed by atoms with van der Waals surface area (Å²) in [5, 5.41) is 3.69. The van der Waals surface area contributed by atoms with Crippen molar-refractivity contribution in [3.8, 4) is 11.5 Å². The summed E-state index contributed by atoms with van der Waals surface area (Å²) in [6.07, 6.45) is 0. The number of aryl methyl sites for hydroxylation is 1. The highest BCUT2D eigenvalue weighted by Gasteiger charge is 2.14. The lowest BCUT2D eigenvalue weighted by Gasteiger charge is -2.08. The van der Waals surface area contributed by atoms with Crippen molar-refractivity contribution in [3.63, 3.8) is 0 Å². The lowest BCUT2D eigenvalue weighted by Crippen LogP contribution is -2.12. The van der Waals surface area contributed by atoms with Crippen LogP contribution in [0, 0.1) is 12.7 Å². The van der Waals surface area contributed by atoms with E-state index in [-0.39, 0.29) is 4.90 Å². The van der Waals surface area contributed by atoms with Crippen molar-refractivity contribution in [2.45, 2.75) is 11.8 Å².